The highest BCUT2D eigenvalue weighted by Gasteiger charge is 2.33. The number of nitrogens with zero attached hydrogens (tertiary/aromatic N) is 4. The number of urea groups is 1. The van der Waals surface area contributed by atoms with E-state index in [1.54, 1.807) is 12.0 Å². The number of amides is 3. The van der Waals surface area contributed by atoms with E-state index in [0.29, 0.717) is 39.3 Å². The van der Waals surface area contributed by atoms with Gasteiger partial charge in [0.2, 0.25) is 5.91 Å². The third-order valence-electron chi connectivity index (χ3n) is 5.71. The van der Waals surface area contributed by atoms with Gasteiger partial charge in [0.15, 0.2) is 11.6 Å². The Kier molecular flexibility index (Phi) is 5.92. The van der Waals surface area contributed by atoms with Gasteiger partial charge in [0, 0.05) is 56.7 Å². The van der Waals surface area contributed by atoms with Crippen molar-refractivity contribution in [1.29, 1.82) is 0 Å². The molecule has 0 aliphatic carbocycles. The van der Waals surface area contributed by atoms with E-state index >= 15 is 0 Å². The van der Waals surface area contributed by atoms with Crippen molar-refractivity contribution in [3.05, 3.63) is 54.1 Å². The Balaban J connectivity index is 1.30. The van der Waals surface area contributed by atoms with Crippen LogP contribution in [0.15, 0.2) is 42.5 Å². The molecule has 2 saturated heterocycles. The predicted octanol–water partition coefficient (Wildman–Crippen LogP) is 2.56. The van der Waals surface area contributed by atoms with E-state index < -0.39 is 11.6 Å². The molecule has 2 aliphatic rings. The fraction of sp³-hybridized carbons (Fsp3) is 0.364. The maximum absolute atomic E-state index is 13.5. The Labute approximate surface area is 179 Å². The van der Waals surface area contributed by atoms with E-state index in [0.717, 1.165) is 23.6 Å². The molecule has 0 atom stereocenters. The predicted molar refractivity (Wildman–Crippen MR) is 112 cm³/mol. The smallest absolute Gasteiger partial charge is 0.325 e. The molecular weight excluding hydrogens is 406 g/mol. The Morgan fingerprint density at radius 3 is 2.23 bits per heavy atom. The number of halogens is 2. The molecule has 0 spiro atoms. The summed E-state index contributed by atoms with van der Waals surface area (Å²) in [6.45, 7) is 3.19. The van der Waals surface area contributed by atoms with Gasteiger partial charge in [-0.15, -0.1) is 0 Å². The van der Waals surface area contributed by atoms with Gasteiger partial charge in [-0.05, 0) is 36.4 Å². The molecule has 4 rings (SSSR count). The second-order valence-corrected chi connectivity index (χ2v) is 7.52. The Morgan fingerprint density at radius 1 is 0.903 bits per heavy atom. The van der Waals surface area contributed by atoms with Crippen LogP contribution in [0.4, 0.5) is 25.0 Å². The van der Waals surface area contributed by atoms with Crippen LogP contribution in [0.2, 0.25) is 0 Å². The molecule has 9 heteroatoms. The summed E-state index contributed by atoms with van der Waals surface area (Å²) in [5.74, 6) is -1.29. The second-order valence-electron chi connectivity index (χ2n) is 7.52. The second kappa shape index (κ2) is 8.79. The number of hydrogen-bond donors (Lipinski definition) is 0. The lowest BCUT2D eigenvalue weighted by atomic mass is 10.2. The van der Waals surface area contributed by atoms with E-state index in [2.05, 4.69) is 4.90 Å². The van der Waals surface area contributed by atoms with Gasteiger partial charge in [-0.2, -0.15) is 0 Å². The number of rotatable bonds is 5. The minimum atomic E-state index is -1.01. The summed E-state index contributed by atoms with van der Waals surface area (Å²) < 4.78 is 31.8. The zero-order valence-corrected chi connectivity index (χ0v) is 17.3. The Morgan fingerprint density at radius 2 is 1.58 bits per heavy atom. The lowest BCUT2D eigenvalue weighted by Crippen LogP contribution is -2.51. The van der Waals surface area contributed by atoms with E-state index in [1.807, 2.05) is 24.3 Å². The van der Waals surface area contributed by atoms with Crippen LogP contribution in [0.5, 0.6) is 5.75 Å². The normalized spacial score (nSPS) is 16.8. The minimum Gasteiger partial charge on any atom is -0.497 e. The molecule has 2 aromatic rings. The zero-order valence-electron chi connectivity index (χ0n) is 17.3. The van der Waals surface area contributed by atoms with Gasteiger partial charge in [-0.3, -0.25) is 9.69 Å². The third-order valence-corrected chi connectivity index (χ3v) is 5.71. The van der Waals surface area contributed by atoms with Crippen LogP contribution in [-0.2, 0) is 4.79 Å². The van der Waals surface area contributed by atoms with E-state index in [-0.39, 0.29) is 24.2 Å². The molecule has 2 aromatic carbocycles. The molecule has 2 aliphatic heterocycles. The molecule has 0 radical (unpaired) electrons. The van der Waals surface area contributed by atoms with Crippen LogP contribution >= 0.6 is 0 Å². The average Bonchev–Trinajstić information content (AvgIpc) is 3.16. The number of anilines is 2. The molecule has 0 saturated carbocycles. The van der Waals surface area contributed by atoms with E-state index in [4.69, 9.17) is 4.74 Å². The monoisotopic (exact) mass is 430 g/mol. The van der Waals surface area contributed by atoms with Gasteiger partial charge >= 0.3 is 6.03 Å². The number of piperazine rings is 1. The lowest BCUT2D eigenvalue weighted by molar-refractivity contribution is -0.131. The number of methoxy groups -OCH3 is 1. The summed E-state index contributed by atoms with van der Waals surface area (Å²) in [6.07, 6.45) is 0. The SMILES string of the molecule is COc1ccc(N2CCN(C(=O)CN3CCN(c4ccc(F)c(F)c4)C3=O)CC2)cc1. The van der Waals surface area contributed by atoms with Crippen LogP contribution in [0.1, 0.15) is 0 Å². The Bertz CT molecular complexity index is 962. The number of ether oxygens (including phenoxy) is 1. The largest absolute Gasteiger partial charge is 0.497 e. The summed E-state index contributed by atoms with van der Waals surface area (Å²) in [5, 5.41) is 0. The molecule has 7 nitrogen and oxygen atoms in total. The number of carbonyl (C=O) groups is 2. The summed E-state index contributed by atoms with van der Waals surface area (Å²) in [7, 11) is 1.63. The highest BCUT2D eigenvalue weighted by atomic mass is 19.2. The van der Waals surface area contributed by atoms with Crippen molar-refractivity contribution in [1.82, 2.24) is 9.80 Å². The summed E-state index contributed by atoms with van der Waals surface area (Å²) in [5.41, 5.74) is 1.36. The van der Waals surface area contributed by atoms with Gasteiger partial charge in [0.25, 0.3) is 0 Å². The van der Waals surface area contributed by atoms with Crippen molar-refractivity contribution in [2.24, 2.45) is 0 Å². The quantitative estimate of drug-likeness (QED) is 0.732. The molecule has 0 N–H and O–H groups in total. The van der Waals surface area contributed by atoms with Crippen molar-refractivity contribution in [2.75, 3.05) is 62.7 Å². The first-order valence-corrected chi connectivity index (χ1v) is 10.1. The maximum atomic E-state index is 13.5. The summed E-state index contributed by atoms with van der Waals surface area (Å²) in [4.78, 5) is 32.2. The van der Waals surface area contributed by atoms with E-state index in [1.165, 1.54) is 15.9 Å². The number of hydrogen-bond acceptors (Lipinski definition) is 4. The van der Waals surface area contributed by atoms with Gasteiger partial charge in [0.1, 0.15) is 12.3 Å². The molecule has 2 fully saturated rings. The molecular formula is C22H24F2N4O3. The van der Waals surface area contributed by atoms with Gasteiger partial charge in [-0.1, -0.05) is 0 Å². The van der Waals surface area contributed by atoms with Crippen molar-refractivity contribution in [2.45, 2.75) is 0 Å². The highest BCUT2D eigenvalue weighted by Crippen LogP contribution is 2.23. The van der Waals surface area contributed by atoms with Crippen LogP contribution < -0.4 is 14.5 Å². The minimum absolute atomic E-state index is 0.0262. The van der Waals surface area contributed by atoms with Crippen molar-refractivity contribution in [3.63, 3.8) is 0 Å². The first-order valence-electron chi connectivity index (χ1n) is 10.1. The molecule has 0 unspecified atom stereocenters. The van der Waals surface area contributed by atoms with Crippen LogP contribution in [0.25, 0.3) is 0 Å². The highest BCUT2D eigenvalue weighted by molar-refractivity contribution is 5.96. The summed E-state index contributed by atoms with van der Waals surface area (Å²) >= 11 is 0. The first-order chi connectivity index (χ1) is 15.0. The average molecular weight is 430 g/mol. The Hall–Kier alpha value is -3.36. The molecule has 0 bridgehead atoms. The van der Waals surface area contributed by atoms with Gasteiger partial charge in [0.05, 0.1) is 7.11 Å². The van der Waals surface area contributed by atoms with Crippen LogP contribution in [0, 0.1) is 11.6 Å². The van der Waals surface area contributed by atoms with E-state index in [9.17, 15) is 18.4 Å². The topological polar surface area (TPSA) is 56.3 Å². The standard InChI is InChI=1S/C22H24F2N4O3/c1-31-18-5-2-16(3-6-18)25-8-10-26(11-9-25)21(29)15-27-12-13-28(22(27)30)17-4-7-19(23)20(24)14-17/h2-7,14H,8-13,15H2,1H3. The van der Waals surface area contributed by atoms with Crippen molar-refractivity contribution in [3.8, 4) is 5.75 Å². The van der Waals surface area contributed by atoms with Gasteiger partial charge < -0.3 is 19.4 Å². The fourth-order valence-corrected chi connectivity index (χ4v) is 3.89. The van der Waals surface area contributed by atoms with Crippen LogP contribution in [-0.4, -0.2) is 74.7 Å². The zero-order chi connectivity index (χ0) is 22.0. The lowest BCUT2D eigenvalue weighted by Gasteiger charge is -2.36. The maximum Gasteiger partial charge on any atom is 0.325 e. The van der Waals surface area contributed by atoms with Gasteiger partial charge in [-0.25, -0.2) is 13.6 Å². The first kappa shape index (κ1) is 20.9. The fourth-order valence-electron chi connectivity index (χ4n) is 3.89. The van der Waals surface area contributed by atoms with Crippen molar-refractivity contribution >= 4 is 23.3 Å². The third kappa shape index (κ3) is 4.40. The molecule has 0 aromatic heterocycles. The molecule has 31 heavy (non-hydrogen) atoms. The van der Waals surface area contributed by atoms with Crippen molar-refractivity contribution < 1.29 is 23.1 Å². The number of carbonyl (C=O) groups excluding carboxylic acids is 2. The molecule has 2 heterocycles. The van der Waals surface area contributed by atoms with Crippen LogP contribution in [0.3, 0.4) is 0 Å². The number of benzene rings is 2. The summed E-state index contributed by atoms with van der Waals surface area (Å²) in [6, 6.07) is 10.8. The molecule has 164 valence electrons. The molecule has 3 amide bonds.